The van der Waals surface area contributed by atoms with Crippen molar-refractivity contribution in [1.82, 2.24) is 9.80 Å². The minimum atomic E-state index is -0.446. The molecule has 126 valence electrons. The van der Waals surface area contributed by atoms with Gasteiger partial charge in [0, 0.05) is 38.8 Å². The quantitative estimate of drug-likeness (QED) is 0.849. The molecular weight excluding hydrogens is 292 g/mol. The molecule has 0 spiro atoms. The van der Waals surface area contributed by atoms with Gasteiger partial charge in [-0.1, -0.05) is 18.2 Å². The van der Waals surface area contributed by atoms with Gasteiger partial charge in [0.1, 0.15) is 5.75 Å². The van der Waals surface area contributed by atoms with E-state index in [1.165, 1.54) is 0 Å². The van der Waals surface area contributed by atoms with Gasteiger partial charge in [0.2, 0.25) is 0 Å². The highest BCUT2D eigenvalue weighted by Gasteiger charge is 2.28. The maximum Gasteiger partial charge on any atom is 0.263 e. The van der Waals surface area contributed by atoms with Crippen molar-refractivity contribution < 1.29 is 14.3 Å². The number of benzene rings is 1. The van der Waals surface area contributed by atoms with E-state index in [2.05, 4.69) is 4.90 Å². The second-order valence-electron chi connectivity index (χ2n) is 6.31. The highest BCUT2D eigenvalue weighted by molar-refractivity contribution is 5.81. The number of rotatable bonds is 4. The van der Waals surface area contributed by atoms with Crippen LogP contribution < -0.4 is 4.74 Å². The molecule has 0 bridgehead atoms. The van der Waals surface area contributed by atoms with Crippen molar-refractivity contribution in [3.05, 3.63) is 30.3 Å². The molecule has 5 heteroatoms. The number of carbonyl (C=O) groups is 1. The van der Waals surface area contributed by atoms with Crippen molar-refractivity contribution in [1.29, 1.82) is 0 Å². The van der Waals surface area contributed by atoms with E-state index in [0.29, 0.717) is 6.04 Å². The van der Waals surface area contributed by atoms with Crippen molar-refractivity contribution in [2.45, 2.75) is 31.9 Å². The van der Waals surface area contributed by atoms with Crippen molar-refractivity contribution in [2.75, 3.05) is 39.4 Å². The Morgan fingerprint density at radius 1 is 1.22 bits per heavy atom. The van der Waals surface area contributed by atoms with Gasteiger partial charge in [-0.25, -0.2) is 0 Å². The van der Waals surface area contributed by atoms with E-state index in [1.54, 1.807) is 0 Å². The van der Waals surface area contributed by atoms with Crippen LogP contribution in [0.1, 0.15) is 19.8 Å². The first-order chi connectivity index (χ1) is 11.2. The number of carbonyl (C=O) groups excluding carboxylic acids is 1. The summed E-state index contributed by atoms with van der Waals surface area (Å²) in [7, 11) is 0. The molecule has 2 saturated heterocycles. The summed E-state index contributed by atoms with van der Waals surface area (Å²) in [5.74, 6) is 0.825. The van der Waals surface area contributed by atoms with Crippen molar-refractivity contribution in [3.8, 4) is 5.75 Å². The van der Waals surface area contributed by atoms with Crippen molar-refractivity contribution in [3.63, 3.8) is 0 Å². The summed E-state index contributed by atoms with van der Waals surface area (Å²) in [5, 5.41) is 0. The predicted octanol–water partition coefficient (Wildman–Crippen LogP) is 1.78. The third kappa shape index (κ3) is 4.24. The normalized spacial score (nSPS) is 24.2. The third-order valence-electron chi connectivity index (χ3n) is 4.67. The zero-order chi connectivity index (χ0) is 16.1. The van der Waals surface area contributed by atoms with E-state index in [4.69, 9.17) is 9.47 Å². The summed E-state index contributed by atoms with van der Waals surface area (Å²) < 4.78 is 11.3. The molecule has 23 heavy (non-hydrogen) atoms. The van der Waals surface area contributed by atoms with Crippen molar-refractivity contribution in [2.24, 2.45) is 0 Å². The summed E-state index contributed by atoms with van der Waals surface area (Å²) in [5.41, 5.74) is 0. The SMILES string of the molecule is CC(Oc1ccccc1)C(=O)N1CCCN(C2CCOC2)CC1. The fourth-order valence-corrected chi connectivity index (χ4v) is 3.34. The summed E-state index contributed by atoms with van der Waals surface area (Å²) in [4.78, 5) is 17.1. The molecule has 1 aromatic rings. The van der Waals surface area contributed by atoms with Crippen LogP contribution in [0.15, 0.2) is 30.3 Å². The van der Waals surface area contributed by atoms with Gasteiger partial charge in [0.25, 0.3) is 5.91 Å². The maximum atomic E-state index is 12.6. The van der Waals surface area contributed by atoms with E-state index < -0.39 is 6.10 Å². The first-order valence-electron chi connectivity index (χ1n) is 8.56. The molecule has 2 aliphatic rings. The summed E-state index contributed by atoms with van der Waals surface area (Å²) in [6, 6.07) is 10.1. The van der Waals surface area contributed by atoms with Gasteiger partial charge in [-0.05, 0) is 31.9 Å². The molecule has 5 nitrogen and oxygen atoms in total. The lowest BCUT2D eigenvalue weighted by Crippen LogP contribution is -2.43. The van der Waals surface area contributed by atoms with E-state index >= 15 is 0 Å². The smallest absolute Gasteiger partial charge is 0.263 e. The Morgan fingerprint density at radius 3 is 2.78 bits per heavy atom. The molecular formula is C18H26N2O3. The van der Waals surface area contributed by atoms with Crippen LogP contribution in [0.5, 0.6) is 5.75 Å². The zero-order valence-corrected chi connectivity index (χ0v) is 13.8. The van der Waals surface area contributed by atoms with Gasteiger partial charge in [-0.3, -0.25) is 9.69 Å². The number of amides is 1. The first-order valence-corrected chi connectivity index (χ1v) is 8.56. The number of nitrogens with zero attached hydrogens (tertiary/aromatic N) is 2. The standard InChI is InChI=1S/C18H26N2O3/c1-15(23-17-6-3-2-4-7-17)18(21)20-10-5-9-19(11-12-20)16-8-13-22-14-16/h2-4,6-7,15-16H,5,8-14H2,1H3. The monoisotopic (exact) mass is 318 g/mol. The average Bonchev–Trinajstić information content (AvgIpc) is 3.00. The van der Waals surface area contributed by atoms with Gasteiger partial charge in [0.15, 0.2) is 6.10 Å². The molecule has 3 rings (SSSR count). The molecule has 2 aliphatic heterocycles. The van der Waals surface area contributed by atoms with Gasteiger partial charge in [-0.2, -0.15) is 0 Å². The molecule has 2 fully saturated rings. The zero-order valence-electron chi connectivity index (χ0n) is 13.8. The number of hydrogen-bond acceptors (Lipinski definition) is 4. The minimum absolute atomic E-state index is 0.0818. The average molecular weight is 318 g/mol. The van der Waals surface area contributed by atoms with Gasteiger partial charge in [0.05, 0.1) is 6.61 Å². The summed E-state index contributed by atoms with van der Waals surface area (Å²) in [6.07, 6.45) is 1.68. The Morgan fingerprint density at radius 2 is 2.04 bits per heavy atom. The molecule has 0 N–H and O–H groups in total. The van der Waals surface area contributed by atoms with Gasteiger partial charge in [-0.15, -0.1) is 0 Å². The van der Waals surface area contributed by atoms with Crippen LogP contribution in [0.3, 0.4) is 0 Å². The second-order valence-corrected chi connectivity index (χ2v) is 6.31. The lowest BCUT2D eigenvalue weighted by Gasteiger charge is -2.27. The molecule has 0 radical (unpaired) electrons. The molecule has 0 saturated carbocycles. The number of hydrogen-bond donors (Lipinski definition) is 0. The number of para-hydroxylation sites is 1. The highest BCUT2D eigenvalue weighted by atomic mass is 16.5. The van der Waals surface area contributed by atoms with Crippen molar-refractivity contribution >= 4 is 5.91 Å². The summed E-state index contributed by atoms with van der Waals surface area (Å²) in [6.45, 7) is 7.10. The van der Waals surface area contributed by atoms with Crippen LogP contribution in [0.4, 0.5) is 0 Å². The molecule has 2 heterocycles. The van der Waals surface area contributed by atoms with Crippen LogP contribution in [-0.2, 0) is 9.53 Å². The van der Waals surface area contributed by atoms with Gasteiger partial charge < -0.3 is 14.4 Å². The van der Waals surface area contributed by atoms with E-state index in [1.807, 2.05) is 42.2 Å². The van der Waals surface area contributed by atoms with Crippen LogP contribution in [0, 0.1) is 0 Å². The van der Waals surface area contributed by atoms with E-state index in [9.17, 15) is 4.79 Å². The Balaban J connectivity index is 1.53. The Bertz CT molecular complexity index is 502. The van der Waals surface area contributed by atoms with Crippen LogP contribution in [0.2, 0.25) is 0 Å². The fraction of sp³-hybridized carbons (Fsp3) is 0.611. The minimum Gasteiger partial charge on any atom is -0.481 e. The Hall–Kier alpha value is -1.59. The molecule has 1 amide bonds. The maximum absolute atomic E-state index is 12.6. The molecule has 1 aromatic carbocycles. The van der Waals surface area contributed by atoms with Crippen LogP contribution >= 0.6 is 0 Å². The van der Waals surface area contributed by atoms with E-state index in [0.717, 1.165) is 58.0 Å². The second kappa shape index (κ2) is 7.79. The number of ether oxygens (including phenoxy) is 2. The molecule has 2 atom stereocenters. The molecule has 2 unspecified atom stereocenters. The highest BCUT2D eigenvalue weighted by Crippen LogP contribution is 2.17. The Kier molecular flexibility index (Phi) is 5.51. The van der Waals surface area contributed by atoms with Crippen LogP contribution in [0.25, 0.3) is 0 Å². The predicted molar refractivity (Wildman–Crippen MR) is 88.5 cm³/mol. The van der Waals surface area contributed by atoms with E-state index in [-0.39, 0.29) is 5.91 Å². The lowest BCUT2D eigenvalue weighted by atomic mass is 10.2. The van der Waals surface area contributed by atoms with Crippen LogP contribution in [-0.4, -0.2) is 67.2 Å². The lowest BCUT2D eigenvalue weighted by molar-refractivity contribution is -0.137. The fourth-order valence-electron chi connectivity index (χ4n) is 3.34. The Labute approximate surface area is 138 Å². The topological polar surface area (TPSA) is 42.0 Å². The molecule has 0 aliphatic carbocycles. The molecule has 0 aromatic heterocycles. The largest absolute Gasteiger partial charge is 0.481 e. The third-order valence-corrected chi connectivity index (χ3v) is 4.67. The van der Waals surface area contributed by atoms with Gasteiger partial charge >= 0.3 is 0 Å². The first kappa shape index (κ1) is 16.3. The summed E-state index contributed by atoms with van der Waals surface area (Å²) >= 11 is 0.